The maximum Gasteiger partial charge on any atom is 0.171 e. The molecule has 108 valence electrons. The van der Waals surface area contributed by atoms with E-state index < -0.39 is 0 Å². The van der Waals surface area contributed by atoms with Gasteiger partial charge in [-0.25, -0.2) is 9.97 Å². The lowest BCUT2D eigenvalue weighted by Gasteiger charge is -2.15. The zero-order valence-corrected chi connectivity index (χ0v) is 15.6. The maximum absolute atomic E-state index is 6.19. The zero-order chi connectivity index (χ0) is 14.9. The van der Waals surface area contributed by atoms with Gasteiger partial charge in [0.05, 0.1) is 20.7 Å². The Morgan fingerprint density at radius 3 is 2.55 bits per heavy atom. The van der Waals surface area contributed by atoms with Gasteiger partial charge < -0.3 is 4.74 Å². The summed E-state index contributed by atoms with van der Waals surface area (Å²) in [6, 6.07) is 4.19. The third-order valence-electron chi connectivity index (χ3n) is 2.73. The first-order valence-corrected chi connectivity index (χ1v) is 8.42. The average Bonchev–Trinajstić information content (AvgIpc) is 2.84. The zero-order valence-electron chi connectivity index (χ0n) is 11.8. The first-order chi connectivity index (χ1) is 9.32. The summed E-state index contributed by atoms with van der Waals surface area (Å²) in [5.41, 5.74) is 0.958. The number of aromatic nitrogens is 2. The molecular weight excluding hydrogens is 407 g/mol. The van der Waals surface area contributed by atoms with Crippen molar-refractivity contribution < 1.29 is 4.74 Å². The Balaban J connectivity index is 2.45. The summed E-state index contributed by atoms with van der Waals surface area (Å²) in [6.45, 7) is 7.02. The lowest BCUT2D eigenvalue weighted by atomic mass is 9.95. The van der Waals surface area contributed by atoms with Crippen molar-refractivity contribution in [2.24, 2.45) is 0 Å². The quantitative estimate of drug-likeness (QED) is 0.521. The minimum Gasteiger partial charge on any atom is -0.378 e. The standard InChI is InChI=1S/C14H16ClIN2OS/c1-14(2,3)10-6-5-9(20-10)13-17-8(7-19-4)11(16)12(15)18-13/h5-6H,7H2,1-4H3. The van der Waals surface area contributed by atoms with E-state index in [0.717, 1.165) is 14.1 Å². The summed E-state index contributed by atoms with van der Waals surface area (Å²) >= 11 is 10.0. The highest BCUT2D eigenvalue weighted by molar-refractivity contribution is 14.1. The third kappa shape index (κ3) is 3.50. The van der Waals surface area contributed by atoms with Crippen molar-refractivity contribution >= 4 is 45.5 Å². The van der Waals surface area contributed by atoms with Crippen LogP contribution in [0.2, 0.25) is 5.15 Å². The molecule has 0 aliphatic heterocycles. The molecule has 0 saturated carbocycles. The molecule has 0 aromatic carbocycles. The molecule has 20 heavy (non-hydrogen) atoms. The Hall–Kier alpha value is -0.240. The van der Waals surface area contributed by atoms with Gasteiger partial charge in [-0.15, -0.1) is 11.3 Å². The molecule has 0 unspecified atom stereocenters. The SMILES string of the molecule is COCc1nc(-c2ccc(C(C)(C)C)s2)nc(Cl)c1I. The molecule has 0 bridgehead atoms. The second-order valence-electron chi connectivity index (χ2n) is 5.45. The van der Waals surface area contributed by atoms with E-state index >= 15 is 0 Å². The van der Waals surface area contributed by atoms with Gasteiger partial charge in [0, 0.05) is 12.0 Å². The summed E-state index contributed by atoms with van der Waals surface area (Å²) in [5.74, 6) is 0.669. The lowest BCUT2D eigenvalue weighted by Crippen LogP contribution is -2.07. The number of nitrogens with zero attached hydrogens (tertiary/aromatic N) is 2. The molecule has 2 aromatic heterocycles. The number of methoxy groups -OCH3 is 1. The van der Waals surface area contributed by atoms with Crippen LogP contribution in [-0.4, -0.2) is 17.1 Å². The largest absolute Gasteiger partial charge is 0.378 e. The van der Waals surface area contributed by atoms with Crippen LogP contribution in [0.25, 0.3) is 10.7 Å². The van der Waals surface area contributed by atoms with E-state index in [1.54, 1.807) is 18.4 Å². The predicted molar refractivity (Wildman–Crippen MR) is 92.5 cm³/mol. The van der Waals surface area contributed by atoms with Gasteiger partial charge in [-0.3, -0.25) is 0 Å². The van der Waals surface area contributed by atoms with Gasteiger partial charge in [0.15, 0.2) is 5.82 Å². The van der Waals surface area contributed by atoms with E-state index in [4.69, 9.17) is 16.3 Å². The topological polar surface area (TPSA) is 35.0 Å². The highest BCUT2D eigenvalue weighted by Gasteiger charge is 2.19. The van der Waals surface area contributed by atoms with Gasteiger partial charge in [-0.05, 0) is 40.1 Å². The van der Waals surface area contributed by atoms with Gasteiger partial charge in [0.25, 0.3) is 0 Å². The van der Waals surface area contributed by atoms with E-state index in [9.17, 15) is 0 Å². The Morgan fingerprint density at radius 2 is 2.00 bits per heavy atom. The molecule has 2 aromatic rings. The summed E-state index contributed by atoms with van der Waals surface area (Å²) in [7, 11) is 1.65. The number of halogens is 2. The van der Waals surface area contributed by atoms with Crippen LogP contribution in [-0.2, 0) is 16.8 Å². The molecule has 6 heteroatoms. The van der Waals surface area contributed by atoms with Gasteiger partial charge >= 0.3 is 0 Å². The fraction of sp³-hybridized carbons (Fsp3) is 0.429. The van der Waals surface area contributed by atoms with Crippen LogP contribution in [0.3, 0.4) is 0 Å². The Labute approximate surface area is 141 Å². The van der Waals surface area contributed by atoms with Crippen molar-refractivity contribution in [1.82, 2.24) is 9.97 Å². The van der Waals surface area contributed by atoms with Crippen LogP contribution >= 0.6 is 45.5 Å². The molecule has 0 N–H and O–H groups in total. The summed E-state index contributed by atoms with van der Waals surface area (Å²) in [5, 5.41) is 0.480. The molecule has 0 amide bonds. The predicted octanol–water partition coefficient (Wildman–Crippen LogP) is 4.91. The summed E-state index contributed by atoms with van der Waals surface area (Å²) < 4.78 is 6.01. The van der Waals surface area contributed by atoms with Gasteiger partial charge in [-0.1, -0.05) is 32.4 Å². The first kappa shape index (κ1) is 16.1. The van der Waals surface area contributed by atoms with Gasteiger partial charge in [0.2, 0.25) is 0 Å². The molecular formula is C14H16ClIN2OS. The molecule has 3 nitrogen and oxygen atoms in total. The smallest absolute Gasteiger partial charge is 0.171 e. The van der Waals surface area contributed by atoms with Crippen molar-refractivity contribution in [3.8, 4) is 10.7 Å². The van der Waals surface area contributed by atoms with Crippen LogP contribution in [0, 0.1) is 3.57 Å². The molecule has 2 heterocycles. The van der Waals surface area contributed by atoms with Crippen LogP contribution in [0.5, 0.6) is 0 Å². The minimum absolute atomic E-state index is 0.130. The molecule has 0 saturated heterocycles. The fourth-order valence-corrected chi connectivity index (χ4v) is 3.25. The second kappa shape index (κ2) is 6.25. The highest BCUT2D eigenvalue weighted by atomic mass is 127. The molecule has 0 radical (unpaired) electrons. The van der Waals surface area contributed by atoms with E-state index in [1.165, 1.54) is 4.88 Å². The lowest BCUT2D eigenvalue weighted by molar-refractivity contribution is 0.181. The maximum atomic E-state index is 6.19. The Morgan fingerprint density at radius 1 is 1.30 bits per heavy atom. The van der Waals surface area contributed by atoms with Crippen LogP contribution < -0.4 is 0 Å². The van der Waals surface area contributed by atoms with Crippen molar-refractivity contribution in [3.05, 3.63) is 31.4 Å². The van der Waals surface area contributed by atoms with Crippen LogP contribution in [0.15, 0.2) is 12.1 Å². The number of rotatable bonds is 3. The van der Waals surface area contributed by atoms with E-state index in [2.05, 4.69) is 65.5 Å². The number of hydrogen-bond donors (Lipinski definition) is 0. The number of hydrogen-bond acceptors (Lipinski definition) is 4. The van der Waals surface area contributed by atoms with Crippen molar-refractivity contribution in [2.75, 3.05) is 7.11 Å². The minimum atomic E-state index is 0.130. The summed E-state index contributed by atoms with van der Waals surface area (Å²) in [4.78, 5) is 11.3. The van der Waals surface area contributed by atoms with Crippen molar-refractivity contribution in [3.63, 3.8) is 0 Å². The van der Waals surface area contributed by atoms with Crippen molar-refractivity contribution in [2.45, 2.75) is 32.8 Å². The van der Waals surface area contributed by atoms with Gasteiger partial charge in [-0.2, -0.15) is 0 Å². The average molecular weight is 423 g/mol. The third-order valence-corrected chi connectivity index (χ3v) is 5.96. The molecule has 0 aliphatic rings. The molecule has 0 spiro atoms. The van der Waals surface area contributed by atoms with E-state index in [1.807, 2.05) is 0 Å². The highest BCUT2D eigenvalue weighted by Crippen LogP contribution is 2.34. The molecule has 2 rings (SSSR count). The fourth-order valence-electron chi connectivity index (χ4n) is 1.67. The van der Waals surface area contributed by atoms with Crippen LogP contribution in [0.4, 0.5) is 0 Å². The summed E-state index contributed by atoms with van der Waals surface area (Å²) in [6.07, 6.45) is 0. The Bertz CT molecular complexity index is 622. The molecule has 0 aliphatic carbocycles. The second-order valence-corrected chi connectivity index (χ2v) is 7.97. The number of ether oxygens (including phenoxy) is 1. The van der Waals surface area contributed by atoms with Crippen LogP contribution in [0.1, 0.15) is 31.3 Å². The first-order valence-electron chi connectivity index (χ1n) is 6.14. The van der Waals surface area contributed by atoms with E-state index in [-0.39, 0.29) is 5.41 Å². The molecule has 0 fully saturated rings. The normalized spacial score (nSPS) is 11.9. The number of thiophene rings is 1. The Kier molecular flexibility index (Phi) is 5.05. The van der Waals surface area contributed by atoms with Crippen molar-refractivity contribution in [1.29, 1.82) is 0 Å². The molecule has 0 atom stereocenters. The monoisotopic (exact) mass is 422 g/mol. The van der Waals surface area contributed by atoms with Gasteiger partial charge in [0.1, 0.15) is 5.15 Å². The van der Waals surface area contributed by atoms with E-state index in [0.29, 0.717) is 17.6 Å².